The van der Waals surface area contributed by atoms with Crippen molar-refractivity contribution in [2.24, 2.45) is 11.7 Å². The molecule has 0 amide bonds. The van der Waals surface area contributed by atoms with E-state index in [0.29, 0.717) is 12.0 Å². The maximum absolute atomic E-state index is 6.28. The highest BCUT2D eigenvalue weighted by Gasteiger charge is 2.31. The normalized spacial score (nSPS) is 26.2. The third-order valence-electron chi connectivity index (χ3n) is 3.30. The first-order chi connectivity index (χ1) is 7.63. The Balaban J connectivity index is 2.31. The Hall–Kier alpha value is -0.0900. The van der Waals surface area contributed by atoms with E-state index in [1.165, 1.54) is 5.56 Å². The number of halogens is 2. The van der Waals surface area contributed by atoms with Crippen molar-refractivity contribution in [1.82, 2.24) is 4.90 Å². The van der Waals surface area contributed by atoms with Gasteiger partial charge in [0.1, 0.15) is 0 Å². The Morgan fingerprint density at radius 2 is 2.31 bits per heavy atom. The zero-order chi connectivity index (χ0) is 11.7. The molecule has 1 saturated heterocycles. The molecule has 1 aromatic rings. The number of likely N-dealkylation sites (tertiary alicyclic amines) is 1. The maximum atomic E-state index is 6.28. The summed E-state index contributed by atoms with van der Waals surface area (Å²) in [6, 6.07) is 6.35. The molecule has 1 heterocycles. The molecule has 16 heavy (non-hydrogen) atoms. The van der Waals surface area contributed by atoms with Crippen LogP contribution in [0.5, 0.6) is 0 Å². The van der Waals surface area contributed by atoms with Gasteiger partial charge in [-0.05, 0) is 38.1 Å². The lowest BCUT2D eigenvalue weighted by molar-refractivity contribution is 0.313. The summed E-state index contributed by atoms with van der Waals surface area (Å²) >= 11 is 9.86. The van der Waals surface area contributed by atoms with Gasteiger partial charge in [0, 0.05) is 27.6 Å². The fourth-order valence-electron chi connectivity index (χ4n) is 2.44. The van der Waals surface area contributed by atoms with Crippen LogP contribution in [0.25, 0.3) is 0 Å². The Kier molecular flexibility index (Phi) is 3.90. The Morgan fingerprint density at radius 1 is 1.56 bits per heavy atom. The van der Waals surface area contributed by atoms with Crippen LogP contribution in [0.15, 0.2) is 22.7 Å². The molecule has 2 atom stereocenters. The molecule has 0 aliphatic carbocycles. The van der Waals surface area contributed by atoms with Crippen LogP contribution in [0.1, 0.15) is 18.0 Å². The largest absolute Gasteiger partial charge is 0.330 e. The van der Waals surface area contributed by atoms with E-state index >= 15 is 0 Å². The molecule has 88 valence electrons. The fourth-order valence-corrected chi connectivity index (χ4v) is 3.49. The number of rotatable bonds is 2. The van der Waals surface area contributed by atoms with Crippen molar-refractivity contribution in [2.45, 2.75) is 12.5 Å². The summed E-state index contributed by atoms with van der Waals surface area (Å²) in [5, 5.41) is 0.837. The summed E-state index contributed by atoms with van der Waals surface area (Å²) in [5.74, 6) is 0.582. The summed E-state index contributed by atoms with van der Waals surface area (Å²) in [4.78, 5) is 2.34. The van der Waals surface area contributed by atoms with Crippen molar-refractivity contribution in [1.29, 1.82) is 0 Å². The lowest BCUT2D eigenvalue weighted by atomic mass is 10.00. The highest BCUT2D eigenvalue weighted by molar-refractivity contribution is 9.10. The second-order valence-corrected chi connectivity index (χ2v) is 5.69. The average molecular weight is 304 g/mol. The van der Waals surface area contributed by atoms with Crippen molar-refractivity contribution in [3.8, 4) is 0 Å². The summed E-state index contributed by atoms with van der Waals surface area (Å²) in [7, 11) is 2.14. The molecule has 1 aliphatic rings. The molecule has 1 fully saturated rings. The van der Waals surface area contributed by atoms with Gasteiger partial charge >= 0.3 is 0 Å². The summed E-state index contributed by atoms with van der Waals surface area (Å²) < 4.78 is 1.09. The fraction of sp³-hybridized carbons (Fsp3) is 0.500. The zero-order valence-corrected chi connectivity index (χ0v) is 11.6. The predicted molar refractivity (Wildman–Crippen MR) is 71.7 cm³/mol. The van der Waals surface area contributed by atoms with Gasteiger partial charge < -0.3 is 5.73 Å². The van der Waals surface area contributed by atoms with Crippen molar-refractivity contribution in [3.63, 3.8) is 0 Å². The predicted octanol–water partition coefficient (Wildman–Crippen LogP) is 3.05. The van der Waals surface area contributed by atoms with Crippen LogP contribution < -0.4 is 5.73 Å². The molecule has 2 nitrogen and oxygen atoms in total. The first kappa shape index (κ1) is 12.4. The van der Waals surface area contributed by atoms with Gasteiger partial charge in [0.2, 0.25) is 0 Å². The average Bonchev–Trinajstić information content (AvgIpc) is 2.60. The molecule has 2 unspecified atom stereocenters. The number of hydrogen-bond donors (Lipinski definition) is 1. The van der Waals surface area contributed by atoms with Gasteiger partial charge in [-0.1, -0.05) is 33.6 Å². The van der Waals surface area contributed by atoms with E-state index in [9.17, 15) is 0 Å². The standard InChI is InChI=1S/C12H16BrClN2/c1-16-7-8(6-15)5-11(16)12-9(13)3-2-4-10(12)14/h2-4,8,11H,5-7,15H2,1H3. The molecule has 2 rings (SSSR count). The minimum Gasteiger partial charge on any atom is -0.330 e. The maximum Gasteiger partial charge on any atom is 0.0465 e. The second kappa shape index (κ2) is 5.05. The van der Waals surface area contributed by atoms with Gasteiger partial charge in [0.25, 0.3) is 0 Å². The summed E-state index contributed by atoms with van der Waals surface area (Å²) in [6.45, 7) is 1.81. The van der Waals surface area contributed by atoms with Gasteiger partial charge in [-0.15, -0.1) is 0 Å². The monoisotopic (exact) mass is 302 g/mol. The molecule has 0 saturated carbocycles. The van der Waals surface area contributed by atoms with Crippen LogP contribution >= 0.6 is 27.5 Å². The van der Waals surface area contributed by atoms with E-state index in [4.69, 9.17) is 17.3 Å². The van der Waals surface area contributed by atoms with E-state index in [-0.39, 0.29) is 0 Å². The van der Waals surface area contributed by atoms with Gasteiger partial charge in [-0.25, -0.2) is 0 Å². The van der Waals surface area contributed by atoms with E-state index < -0.39 is 0 Å². The van der Waals surface area contributed by atoms with E-state index in [1.807, 2.05) is 18.2 Å². The molecular formula is C12H16BrClN2. The molecule has 0 spiro atoms. The van der Waals surface area contributed by atoms with Gasteiger partial charge in [-0.2, -0.15) is 0 Å². The van der Waals surface area contributed by atoms with Crippen LogP contribution in [0.2, 0.25) is 5.02 Å². The Labute approximate surface area is 110 Å². The van der Waals surface area contributed by atoms with E-state index in [1.54, 1.807) is 0 Å². The Morgan fingerprint density at radius 3 is 2.88 bits per heavy atom. The minimum atomic E-state index is 0.386. The van der Waals surface area contributed by atoms with Crippen molar-refractivity contribution in [2.75, 3.05) is 20.1 Å². The van der Waals surface area contributed by atoms with Crippen LogP contribution in [0.4, 0.5) is 0 Å². The molecule has 1 aliphatic heterocycles. The zero-order valence-electron chi connectivity index (χ0n) is 9.29. The minimum absolute atomic E-state index is 0.386. The number of hydrogen-bond acceptors (Lipinski definition) is 2. The highest BCUT2D eigenvalue weighted by Crippen LogP contribution is 2.40. The molecule has 0 aromatic heterocycles. The van der Waals surface area contributed by atoms with Gasteiger partial charge in [0.15, 0.2) is 0 Å². The van der Waals surface area contributed by atoms with Crippen LogP contribution in [-0.2, 0) is 0 Å². The molecule has 2 N–H and O–H groups in total. The quantitative estimate of drug-likeness (QED) is 0.910. The lowest BCUT2D eigenvalue weighted by Crippen LogP contribution is -2.20. The molecule has 4 heteroatoms. The van der Waals surface area contributed by atoms with E-state index in [0.717, 1.165) is 29.0 Å². The number of nitrogens with zero attached hydrogens (tertiary/aromatic N) is 1. The molecule has 0 radical (unpaired) electrons. The SMILES string of the molecule is CN1CC(CN)CC1c1c(Cl)cccc1Br. The van der Waals surface area contributed by atoms with Gasteiger partial charge in [-0.3, -0.25) is 4.90 Å². The summed E-state index contributed by atoms with van der Waals surface area (Å²) in [5.41, 5.74) is 6.94. The molecule has 0 bridgehead atoms. The topological polar surface area (TPSA) is 29.3 Å². The van der Waals surface area contributed by atoms with Crippen LogP contribution in [0.3, 0.4) is 0 Å². The van der Waals surface area contributed by atoms with E-state index in [2.05, 4.69) is 27.9 Å². The number of benzene rings is 1. The first-order valence-corrected chi connectivity index (χ1v) is 6.64. The highest BCUT2D eigenvalue weighted by atomic mass is 79.9. The Bertz CT molecular complexity index is 363. The third kappa shape index (κ3) is 2.28. The lowest BCUT2D eigenvalue weighted by Gasteiger charge is -2.22. The smallest absolute Gasteiger partial charge is 0.0465 e. The van der Waals surface area contributed by atoms with Crippen molar-refractivity contribution < 1.29 is 0 Å². The summed E-state index contributed by atoms with van der Waals surface area (Å²) in [6.07, 6.45) is 1.09. The van der Waals surface area contributed by atoms with Crippen LogP contribution in [0, 0.1) is 5.92 Å². The van der Waals surface area contributed by atoms with Crippen molar-refractivity contribution >= 4 is 27.5 Å². The molecule has 1 aromatic carbocycles. The first-order valence-electron chi connectivity index (χ1n) is 5.47. The molecular weight excluding hydrogens is 288 g/mol. The third-order valence-corrected chi connectivity index (χ3v) is 4.32. The second-order valence-electron chi connectivity index (χ2n) is 4.43. The van der Waals surface area contributed by atoms with Gasteiger partial charge in [0.05, 0.1) is 0 Å². The van der Waals surface area contributed by atoms with Crippen molar-refractivity contribution in [3.05, 3.63) is 33.3 Å². The van der Waals surface area contributed by atoms with Crippen LogP contribution in [-0.4, -0.2) is 25.0 Å². The number of nitrogens with two attached hydrogens (primary N) is 1.